The third-order valence-electron chi connectivity index (χ3n) is 7.76. The van der Waals surface area contributed by atoms with E-state index in [-0.39, 0.29) is 16.5 Å². The third kappa shape index (κ3) is 6.72. The number of ether oxygens (including phenoxy) is 3. The number of Topliss-reactive ketones (excluding diaryl/α,β-unsaturated/α-hetero) is 1. The Morgan fingerprint density at radius 3 is 2.34 bits per heavy atom. The van der Waals surface area contributed by atoms with Gasteiger partial charge in [0, 0.05) is 11.3 Å². The van der Waals surface area contributed by atoms with Gasteiger partial charge in [0.15, 0.2) is 15.8 Å². The topological polar surface area (TPSA) is 111 Å². The standard InChI is InChI=1S/C36H31N3O6S2/c1-22-9-7-8-12-26(22)20-45-27-16-13-24(14-17-27)32(40)30-31(25-15-18-28(43-2)29(19-25)44-3)39(34(42)33(30)41)35-37-38-36(47-35)46-21-23-10-5-4-6-11-23/h4-19,31,40H,20-21H2,1-3H3/b32-30+. The average Bonchev–Trinajstić information content (AvgIpc) is 3.68. The van der Waals surface area contributed by atoms with E-state index in [0.29, 0.717) is 45.1 Å². The number of aryl methyl sites for hydroxylation is 1. The van der Waals surface area contributed by atoms with Crippen LogP contribution in [0, 0.1) is 6.92 Å². The van der Waals surface area contributed by atoms with Gasteiger partial charge < -0.3 is 19.3 Å². The summed E-state index contributed by atoms with van der Waals surface area (Å²) in [4.78, 5) is 28.7. The summed E-state index contributed by atoms with van der Waals surface area (Å²) < 4.78 is 17.5. The van der Waals surface area contributed by atoms with Gasteiger partial charge in [-0.3, -0.25) is 14.5 Å². The van der Waals surface area contributed by atoms with Gasteiger partial charge in [-0.1, -0.05) is 83.8 Å². The van der Waals surface area contributed by atoms with Crippen LogP contribution in [0.5, 0.6) is 17.2 Å². The Kier molecular flexibility index (Phi) is 9.55. The first-order valence-corrected chi connectivity index (χ1v) is 16.5. The average molecular weight is 666 g/mol. The Bertz CT molecular complexity index is 1940. The van der Waals surface area contributed by atoms with E-state index < -0.39 is 17.7 Å². The van der Waals surface area contributed by atoms with Gasteiger partial charge in [0.2, 0.25) is 5.13 Å². The van der Waals surface area contributed by atoms with Crippen LogP contribution in [0.4, 0.5) is 5.13 Å². The molecule has 0 radical (unpaired) electrons. The molecule has 0 saturated carbocycles. The van der Waals surface area contributed by atoms with Crippen molar-refractivity contribution < 1.29 is 28.9 Å². The Balaban J connectivity index is 1.34. The molecule has 1 amide bonds. The molecule has 11 heteroatoms. The zero-order valence-electron chi connectivity index (χ0n) is 25.9. The fourth-order valence-corrected chi connectivity index (χ4v) is 7.07. The summed E-state index contributed by atoms with van der Waals surface area (Å²) in [5.74, 6) is 0.163. The van der Waals surface area contributed by atoms with E-state index in [1.807, 2.05) is 61.5 Å². The monoisotopic (exact) mass is 665 g/mol. The molecule has 1 unspecified atom stereocenters. The van der Waals surface area contributed by atoms with Gasteiger partial charge in [-0.2, -0.15) is 0 Å². The molecule has 2 heterocycles. The quantitative estimate of drug-likeness (QED) is 0.0509. The summed E-state index contributed by atoms with van der Waals surface area (Å²) in [6, 6.07) is 28.8. The fourth-order valence-electron chi connectivity index (χ4n) is 5.24. The van der Waals surface area contributed by atoms with E-state index in [4.69, 9.17) is 14.2 Å². The number of carbonyl (C=O) groups excluding carboxylic acids is 2. The molecule has 1 fully saturated rings. The summed E-state index contributed by atoms with van der Waals surface area (Å²) in [7, 11) is 3.02. The van der Waals surface area contributed by atoms with E-state index in [1.54, 1.807) is 42.5 Å². The van der Waals surface area contributed by atoms with Crippen molar-refractivity contribution in [2.75, 3.05) is 19.1 Å². The number of hydrogen-bond acceptors (Lipinski definition) is 10. The highest BCUT2D eigenvalue weighted by Gasteiger charge is 2.48. The lowest BCUT2D eigenvalue weighted by molar-refractivity contribution is -0.132. The summed E-state index contributed by atoms with van der Waals surface area (Å²) in [6.45, 7) is 2.41. The maximum atomic E-state index is 13.7. The summed E-state index contributed by atoms with van der Waals surface area (Å²) in [5, 5.41) is 20.5. The Labute approximate surface area is 280 Å². The summed E-state index contributed by atoms with van der Waals surface area (Å²) in [5.41, 5.74) is 4.10. The number of hydrogen-bond donors (Lipinski definition) is 1. The molecule has 47 heavy (non-hydrogen) atoms. The predicted octanol–water partition coefficient (Wildman–Crippen LogP) is 7.36. The minimum atomic E-state index is -1.01. The van der Waals surface area contributed by atoms with Gasteiger partial charge in [0.25, 0.3) is 5.78 Å². The van der Waals surface area contributed by atoms with Crippen molar-refractivity contribution in [3.8, 4) is 17.2 Å². The zero-order chi connectivity index (χ0) is 32.9. The number of methoxy groups -OCH3 is 2. The van der Waals surface area contributed by atoms with Crippen molar-refractivity contribution in [3.05, 3.63) is 130 Å². The van der Waals surface area contributed by atoms with Crippen molar-refractivity contribution >= 4 is 45.7 Å². The number of nitrogens with zero attached hydrogens (tertiary/aromatic N) is 3. The van der Waals surface area contributed by atoms with Gasteiger partial charge in [0.05, 0.1) is 25.8 Å². The second kappa shape index (κ2) is 14.1. The smallest absolute Gasteiger partial charge is 0.301 e. The Morgan fingerprint density at radius 1 is 0.894 bits per heavy atom. The first kappa shape index (κ1) is 31.8. The molecule has 1 aliphatic rings. The predicted molar refractivity (Wildman–Crippen MR) is 182 cm³/mol. The Morgan fingerprint density at radius 2 is 1.62 bits per heavy atom. The summed E-state index contributed by atoms with van der Waals surface area (Å²) in [6.07, 6.45) is 0. The van der Waals surface area contributed by atoms with Crippen LogP contribution in [0.1, 0.15) is 33.9 Å². The van der Waals surface area contributed by atoms with Gasteiger partial charge in [-0.25, -0.2) is 0 Å². The fraction of sp³-hybridized carbons (Fsp3) is 0.167. The molecule has 0 aliphatic carbocycles. The van der Waals surface area contributed by atoms with Crippen molar-refractivity contribution in [2.24, 2.45) is 0 Å². The molecule has 1 saturated heterocycles. The first-order chi connectivity index (χ1) is 22.9. The summed E-state index contributed by atoms with van der Waals surface area (Å²) >= 11 is 2.69. The molecule has 6 rings (SSSR count). The van der Waals surface area contributed by atoms with E-state index >= 15 is 0 Å². The molecule has 9 nitrogen and oxygen atoms in total. The molecule has 1 N–H and O–H groups in total. The SMILES string of the molecule is COc1ccc(C2/C(=C(\O)c3ccc(OCc4ccccc4C)cc3)C(=O)C(=O)N2c2nnc(SCc3ccccc3)s2)cc1OC. The number of amides is 1. The minimum Gasteiger partial charge on any atom is -0.507 e. The Hall–Kier alpha value is -5.13. The highest BCUT2D eigenvalue weighted by molar-refractivity contribution is 8.00. The maximum absolute atomic E-state index is 13.7. The third-order valence-corrected chi connectivity index (χ3v) is 9.89. The lowest BCUT2D eigenvalue weighted by Gasteiger charge is -2.23. The maximum Gasteiger partial charge on any atom is 0.301 e. The molecular formula is C36H31N3O6S2. The zero-order valence-corrected chi connectivity index (χ0v) is 27.5. The van der Waals surface area contributed by atoms with Crippen LogP contribution in [-0.4, -0.2) is 41.2 Å². The van der Waals surface area contributed by atoms with Crippen LogP contribution in [0.2, 0.25) is 0 Å². The first-order valence-electron chi connectivity index (χ1n) is 14.7. The van der Waals surface area contributed by atoms with Crippen LogP contribution in [-0.2, 0) is 21.9 Å². The number of aliphatic hydroxyl groups is 1. The molecule has 1 atom stereocenters. The number of thioether (sulfide) groups is 1. The van der Waals surface area contributed by atoms with E-state index in [9.17, 15) is 14.7 Å². The minimum absolute atomic E-state index is 0.0792. The van der Waals surface area contributed by atoms with Crippen molar-refractivity contribution in [1.29, 1.82) is 0 Å². The second-order valence-corrected chi connectivity index (χ2v) is 12.8. The van der Waals surface area contributed by atoms with Gasteiger partial charge in [-0.15, -0.1) is 10.2 Å². The number of ketones is 1. The van der Waals surface area contributed by atoms with Crippen LogP contribution >= 0.6 is 23.1 Å². The molecule has 5 aromatic rings. The molecule has 4 aromatic carbocycles. The number of aromatic nitrogens is 2. The number of aliphatic hydroxyl groups excluding tert-OH is 1. The molecular weight excluding hydrogens is 635 g/mol. The lowest BCUT2D eigenvalue weighted by Crippen LogP contribution is -2.29. The highest BCUT2D eigenvalue weighted by Crippen LogP contribution is 2.45. The van der Waals surface area contributed by atoms with Crippen molar-refractivity contribution in [1.82, 2.24) is 10.2 Å². The normalized spacial score (nSPS) is 15.6. The van der Waals surface area contributed by atoms with Crippen LogP contribution < -0.4 is 19.1 Å². The molecule has 1 aromatic heterocycles. The van der Waals surface area contributed by atoms with E-state index in [0.717, 1.165) is 16.7 Å². The van der Waals surface area contributed by atoms with Crippen molar-refractivity contribution in [2.45, 2.75) is 29.7 Å². The number of benzene rings is 4. The lowest BCUT2D eigenvalue weighted by atomic mass is 9.95. The molecule has 1 aliphatic heterocycles. The van der Waals surface area contributed by atoms with Gasteiger partial charge in [0.1, 0.15) is 18.1 Å². The van der Waals surface area contributed by atoms with E-state index in [2.05, 4.69) is 10.2 Å². The van der Waals surface area contributed by atoms with Crippen molar-refractivity contribution in [3.63, 3.8) is 0 Å². The van der Waals surface area contributed by atoms with E-state index in [1.165, 1.54) is 42.2 Å². The highest BCUT2D eigenvalue weighted by atomic mass is 32.2. The van der Waals surface area contributed by atoms with Gasteiger partial charge >= 0.3 is 5.91 Å². The van der Waals surface area contributed by atoms with Crippen LogP contribution in [0.15, 0.2) is 107 Å². The van der Waals surface area contributed by atoms with Crippen LogP contribution in [0.3, 0.4) is 0 Å². The van der Waals surface area contributed by atoms with Crippen LogP contribution in [0.25, 0.3) is 5.76 Å². The largest absolute Gasteiger partial charge is 0.507 e. The molecule has 0 bridgehead atoms. The number of rotatable bonds is 11. The molecule has 238 valence electrons. The number of carbonyl (C=O) groups is 2. The number of anilines is 1. The van der Waals surface area contributed by atoms with Gasteiger partial charge in [-0.05, 0) is 65.6 Å². The second-order valence-electron chi connectivity index (χ2n) is 10.6. The molecule has 0 spiro atoms.